The Bertz CT molecular complexity index is 755. The Morgan fingerprint density at radius 1 is 1.24 bits per heavy atom. The standard InChI is InChI=1S/C13H13N3O4S/c17-13(14-8-9-4-3-7-20-9)12-15-10-5-1-2-6-11(10)21(18,19)16-12/h1-7,12,15-16H,8H2,(H,14,17). The molecule has 1 aliphatic heterocycles. The SMILES string of the molecule is O=C(NCc1ccco1)C1Nc2ccccc2S(=O)(=O)N1. The zero-order chi connectivity index (χ0) is 14.9. The van der Waals surface area contributed by atoms with Gasteiger partial charge >= 0.3 is 0 Å². The first-order valence-corrected chi connectivity index (χ1v) is 7.72. The van der Waals surface area contributed by atoms with Crippen molar-refractivity contribution in [2.45, 2.75) is 17.6 Å². The lowest BCUT2D eigenvalue weighted by molar-refractivity contribution is -0.122. The van der Waals surface area contributed by atoms with Gasteiger partial charge < -0.3 is 15.1 Å². The highest BCUT2D eigenvalue weighted by Crippen LogP contribution is 2.25. The molecule has 2 heterocycles. The first-order chi connectivity index (χ1) is 10.1. The number of furan rings is 1. The second kappa shape index (κ2) is 5.23. The predicted molar refractivity (Wildman–Crippen MR) is 74.7 cm³/mol. The molecule has 1 aliphatic rings. The highest BCUT2D eigenvalue weighted by atomic mass is 32.2. The van der Waals surface area contributed by atoms with Crippen molar-refractivity contribution in [2.75, 3.05) is 5.32 Å². The number of benzene rings is 1. The number of rotatable bonds is 3. The van der Waals surface area contributed by atoms with Gasteiger partial charge in [0.2, 0.25) is 10.0 Å². The van der Waals surface area contributed by atoms with Gasteiger partial charge in [0.15, 0.2) is 6.17 Å². The molecule has 1 aromatic heterocycles. The summed E-state index contributed by atoms with van der Waals surface area (Å²) in [5.74, 6) is 0.104. The normalized spacial score (nSPS) is 19.3. The number of sulfonamides is 1. The largest absolute Gasteiger partial charge is 0.467 e. The van der Waals surface area contributed by atoms with E-state index in [0.717, 1.165) is 0 Å². The van der Waals surface area contributed by atoms with Gasteiger partial charge in [-0.05, 0) is 24.3 Å². The molecule has 0 spiro atoms. The van der Waals surface area contributed by atoms with E-state index in [4.69, 9.17) is 4.42 Å². The van der Waals surface area contributed by atoms with Crippen LogP contribution in [-0.2, 0) is 21.4 Å². The Labute approximate surface area is 121 Å². The van der Waals surface area contributed by atoms with Gasteiger partial charge in [-0.3, -0.25) is 4.79 Å². The molecule has 1 aromatic carbocycles. The highest BCUT2D eigenvalue weighted by molar-refractivity contribution is 7.89. The monoisotopic (exact) mass is 307 g/mol. The molecule has 0 radical (unpaired) electrons. The molecule has 1 amide bonds. The summed E-state index contributed by atoms with van der Waals surface area (Å²) >= 11 is 0. The Kier molecular flexibility index (Phi) is 3.40. The van der Waals surface area contributed by atoms with Gasteiger partial charge in [0.25, 0.3) is 5.91 Å². The molecule has 3 rings (SSSR count). The van der Waals surface area contributed by atoms with Gasteiger partial charge in [-0.2, -0.15) is 4.72 Å². The van der Waals surface area contributed by atoms with Crippen LogP contribution in [-0.4, -0.2) is 20.5 Å². The van der Waals surface area contributed by atoms with Crippen LogP contribution in [0.15, 0.2) is 52.0 Å². The third kappa shape index (κ3) is 2.76. The van der Waals surface area contributed by atoms with Crippen LogP contribution < -0.4 is 15.4 Å². The van der Waals surface area contributed by atoms with E-state index in [1.54, 1.807) is 30.3 Å². The molecule has 0 aliphatic carbocycles. The summed E-state index contributed by atoms with van der Waals surface area (Å²) in [5.41, 5.74) is 0.398. The van der Waals surface area contributed by atoms with Crippen LogP contribution in [0.1, 0.15) is 5.76 Å². The number of amides is 1. The zero-order valence-corrected chi connectivity index (χ0v) is 11.7. The van der Waals surface area contributed by atoms with Crippen molar-refractivity contribution in [1.29, 1.82) is 0 Å². The van der Waals surface area contributed by atoms with Crippen LogP contribution in [0.2, 0.25) is 0 Å². The van der Waals surface area contributed by atoms with Crippen LogP contribution in [0.25, 0.3) is 0 Å². The molecule has 3 N–H and O–H groups in total. The van der Waals surface area contributed by atoms with Crippen LogP contribution in [0.3, 0.4) is 0 Å². The number of para-hydroxylation sites is 1. The van der Waals surface area contributed by atoms with Gasteiger partial charge in [-0.1, -0.05) is 12.1 Å². The summed E-state index contributed by atoms with van der Waals surface area (Å²) in [4.78, 5) is 12.2. The van der Waals surface area contributed by atoms with Crippen molar-refractivity contribution in [1.82, 2.24) is 10.0 Å². The summed E-state index contributed by atoms with van der Waals surface area (Å²) in [5, 5.41) is 5.45. The second-order valence-corrected chi connectivity index (χ2v) is 6.17. The van der Waals surface area contributed by atoms with E-state index in [-0.39, 0.29) is 11.4 Å². The van der Waals surface area contributed by atoms with Gasteiger partial charge in [0.05, 0.1) is 18.5 Å². The number of carbonyl (C=O) groups is 1. The predicted octanol–water partition coefficient (Wildman–Crippen LogP) is 0.626. The van der Waals surface area contributed by atoms with Gasteiger partial charge in [0, 0.05) is 0 Å². The van der Waals surface area contributed by atoms with Gasteiger partial charge in [-0.15, -0.1) is 0 Å². The third-order valence-electron chi connectivity index (χ3n) is 3.03. The summed E-state index contributed by atoms with van der Waals surface area (Å²) in [7, 11) is -3.71. The van der Waals surface area contributed by atoms with E-state index in [2.05, 4.69) is 15.4 Å². The maximum absolute atomic E-state index is 12.1. The molecule has 1 unspecified atom stereocenters. The maximum atomic E-state index is 12.1. The quantitative estimate of drug-likeness (QED) is 0.772. The molecule has 0 bridgehead atoms. The first-order valence-electron chi connectivity index (χ1n) is 6.24. The van der Waals surface area contributed by atoms with Crippen molar-refractivity contribution in [3.05, 3.63) is 48.4 Å². The Hall–Kier alpha value is -2.32. The maximum Gasteiger partial charge on any atom is 0.258 e. The van der Waals surface area contributed by atoms with E-state index in [0.29, 0.717) is 11.4 Å². The smallest absolute Gasteiger partial charge is 0.258 e. The van der Waals surface area contributed by atoms with E-state index in [9.17, 15) is 13.2 Å². The fraction of sp³-hybridized carbons (Fsp3) is 0.154. The molecule has 110 valence electrons. The molecule has 2 aromatic rings. The number of carbonyl (C=O) groups excluding carboxylic acids is 1. The lowest BCUT2D eigenvalue weighted by Crippen LogP contribution is -2.53. The van der Waals surface area contributed by atoms with Crippen molar-refractivity contribution in [3.63, 3.8) is 0 Å². The molecule has 21 heavy (non-hydrogen) atoms. The van der Waals surface area contributed by atoms with E-state index >= 15 is 0 Å². The average Bonchev–Trinajstić information content (AvgIpc) is 2.97. The lowest BCUT2D eigenvalue weighted by atomic mass is 10.3. The second-order valence-electron chi connectivity index (χ2n) is 4.49. The minimum atomic E-state index is -3.71. The van der Waals surface area contributed by atoms with Crippen LogP contribution >= 0.6 is 0 Å². The fourth-order valence-electron chi connectivity index (χ4n) is 2.03. The minimum absolute atomic E-state index is 0.125. The summed E-state index contributed by atoms with van der Waals surface area (Å²) < 4.78 is 31.5. The Morgan fingerprint density at radius 2 is 2.05 bits per heavy atom. The third-order valence-corrected chi connectivity index (χ3v) is 4.51. The van der Waals surface area contributed by atoms with E-state index in [1.807, 2.05) is 0 Å². The van der Waals surface area contributed by atoms with Gasteiger partial charge in [-0.25, -0.2) is 8.42 Å². The molecule has 0 saturated heterocycles. The number of hydrogen-bond donors (Lipinski definition) is 3. The molecule has 7 nitrogen and oxygen atoms in total. The zero-order valence-electron chi connectivity index (χ0n) is 10.9. The number of fused-ring (bicyclic) bond motifs is 1. The van der Waals surface area contributed by atoms with Crippen molar-refractivity contribution >= 4 is 21.6 Å². The molecule has 1 atom stereocenters. The topological polar surface area (TPSA) is 100 Å². The molecule has 0 saturated carbocycles. The van der Waals surface area contributed by atoms with Crippen molar-refractivity contribution in [3.8, 4) is 0 Å². The van der Waals surface area contributed by atoms with Crippen molar-refractivity contribution < 1.29 is 17.6 Å². The van der Waals surface area contributed by atoms with Crippen LogP contribution in [0, 0.1) is 0 Å². The number of nitrogens with one attached hydrogen (secondary N) is 3. The molecule has 0 fully saturated rings. The lowest BCUT2D eigenvalue weighted by Gasteiger charge is -2.26. The van der Waals surface area contributed by atoms with E-state index < -0.39 is 22.1 Å². The molecular formula is C13H13N3O4S. The van der Waals surface area contributed by atoms with Crippen LogP contribution in [0.5, 0.6) is 0 Å². The minimum Gasteiger partial charge on any atom is -0.467 e. The summed E-state index contributed by atoms with van der Waals surface area (Å²) in [6.45, 7) is 0.188. The summed E-state index contributed by atoms with van der Waals surface area (Å²) in [6, 6.07) is 9.83. The number of anilines is 1. The van der Waals surface area contributed by atoms with Crippen LogP contribution in [0.4, 0.5) is 5.69 Å². The van der Waals surface area contributed by atoms with Gasteiger partial charge in [0.1, 0.15) is 10.7 Å². The highest BCUT2D eigenvalue weighted by Gasteiger charge is 2.32. The van der Waals surface area contributed by atoms with Crippen molar-refractivity contribution in [2.24, 2.45) is 0 Å². The summed E-state index contributed by atoms with van der Waals surface area (Å²) in [6.07, 6.45) is 0.444. The molecular weight excluding hydrogens is 294 g/mol. The number of hydrogen-bond acceptors (Lipinski definition) is 5. The fourth-order valence-corrected chi connectivity index (χ4v) is 3.31. The average molecular weight is 307 g/mol. The first kappa shape index (κ1) is 13.7. The Balaban J connectivity index is 1.74. The van der Waals surface area contributed by atoms with E-state index in [1.165, 1.54) is 12.3 Å². The Morgan fingerprint density at radius 3 is 2.81 bits per heavy atom. The molecule has 8 heteroatoms.